The topological polar surface area (TPSA) is 82.6 Å². The molecule has 0 unspecified atom stereocenters. The van der Waals surface area contributed by atoms with Crippen LogP contribution in [-0.4, -0.2) is 24.8 Å². The van der Waals surface area contributed by atoms with E-state index in [4.69, 9.17) is 4.42 Å². The van der Waals surface area contributed by atoms with E-state index in [1.807, 2.05) is 49.4 Å². The first-order chi connectivity index (χ1) is 14.1. The third-order valence-electron chi connectivity index (χ3n) is 4.69. The van der Waals surface area contributed by atoms with Gasteiger partial charge in [0.25, 0.3) is 6.33 Å². The van der Waals surface area contributed by atoms with Crippen molar-refractivity contribution >= 4 is 11.0 Å². The Morgan fingerprint density at radius 2 is 1.86 bits per heavy atom. The largest absolute Gasteiger partial charge is 0.420 e. The van der Waals surface area contributed by atoms with Crippen molar-refractivity contribution in [2.75, 3.05) is 0 Å². The lowest BCUT2D eigenvalue weighted by Gasteiger charge is -2.03. The van der Waals surface area contributed by atoms with Gasteiger partial charge in [-0.3, -0.25) is 0 Å². The van der Waals surface area contributed by atoms with Crippen LogP contribution in [0, 0.1) is 6.92 Å². The van der Waals surface area contributed by atoms with E-state index in [9.17, 15) is 4.79 Å². The third-order valence-corrected chi connectivity index (χ3v) is 4.69. The highest BCUT2D eigenvalue weighted by Gasteiger charge is 2.15. The van der Waals surface area contributed by atoms with Gasteiger partial charge in [-0.25, -0.2) is 4.79 Å². The van der Waals surface area contributed by atoms with Gasteiger partial charge in [-0.05, 0) is 25.1 Å². The van der Waals surface area contributed by atoms with Crippen LogP contribution in [0.5, 0.6) is 0 Å². The summed E-state index contributed by atoms with van der Waals surface area (Å²) in [5, 5.41) is 14.0. The van der Waals surface area contributed by atoms with Crippen LogP contribution in [0.2, 0.25) is 0 Å². The van der Waals surface area contributed by atoms with Crippen LogP contribution in [-0.2, 0) is 7.05 Å². The zero-order valence-corrected chi connectivity index (χ0v) is 15.9. The molecule has 0 spiro atoms. The van der Waals surface area contributed by atoms with Gasteiger partial charge in [0.1, 0.15) is 11.3 Å². The second-order valence-electron chi connectivity index (χ2n) is 6.76. The average Bonchev–Trinajstić information content (AvgIpc) is 3.33. The molecule has 0 saturated carbocycles. The summed E-state index contributed by atoms with van der Waals surface area (Å²) in [6, 6.07) is 17.2. The molecule has 0 radical (unpaired) electrons. The Bertz CT molecular complexity index is 1400. The Balaban J connectivity index is 1.58. The minimum Gasteiger partial charge on any atom is -0.420 e. The quantitative estimate of drug-likeness (QED) is 0.352. The highest BCUT2D eigenvalue weighted by molar-refractivity contribution is 5.79. The van der Waals surface area contributed by atoms with Crippen molar-refractivity contribution < 1.29 is 8.98 Å². The molecule has 0 saturated heterocycles. The molecule has 2 aromatic carbocycles. The maximum Gasteiger partial charge on any atom is 0.376 e. The summed E-state index contributed by atoms with van der Waals surface area (Å²) in [7, 11) is 1.79. The number of hydrogen-bond donors (Lipinski definition) is 0. The van der Waals surface area contributed by atoms with Crippen molar-refractivity contribution in [1.29, 1.82) is 0 Å². The maximum absolute atomic E-state index is 12.5. The van der Waals surface area contributed by atoms with E-state index in [-0.39, 0.29) is 0 Å². The number of nitrogens with zero attached hydrogens (tertiary/aromatic N) is 6. The Hall–Kier alpha value is -4.07. The van der Waals surface area contributed by atoms with E-state index in [0.717, 1.165) is 22.3 Å². The monoisotopic (exact) mass is 385 g/mol. The van der Waals surface area contributed by atoms with Crippen LogP contribution < -0.4 is 10.2 Å². The fourth-order valence-corrected chi connectivity index (χ4v) is 3.25. The highest BCUT2D eigenvalue weighted by Crippen LogP contribution is 2.22. The molecule has 0 amide bonds. The number of aryl methyl sites for hydroxylation is 2. The first-order valence-electron chi connectivity index (χ1n) is 9.06. The fraction of sp³-hybridized carbons (Fsp3) is 0.0952. The van der Waals surface area contributed by atoms with Gasteiger partial charge in [0, 0.05) is 22.1 Å². The summed E-state index contributed by atoms with van der Waals surface area (Å²) < 4.78 is 8.80. The molecule has 5 rings (SSSR count). The average molecular weight is 385 g/mol. The molecule has 3 aromatic heterocycles. The lowest BCUT2D eigenvalue weighted by Crippen LogP contribution is -2.34. The number of hydrogen-bond acceptors (Lipinski definition) is 5. The molecule has 8 nitrogen and oxygen atoms in total. The minimum absolute atomic E-state index is 0.401. The van der Waals surface area contributed by atoms with Crippen LogP contribution in [0.15, 0.2) is 76.5 Å². The summed E-state index contributed by atoms with van der Waals surface area (Å²) in [5.74, 6) is 0. The first kappa shape index (κ1) is 17.1. The van der Waals surface area contributed by atoms with Crippen molar-refractivity contribution in [3.05, 3.63) is 83.4 Å². The van der Waals surface area contributed by atoms with Crippen LogP contribution in [0.3, 0.4) is 0 Å². The van der Waals surface area contributed by atoms with Crippen LogP contribution in [0.4, 0.5) is 0 Å². The predicted molar refractivity (Wildman–Crippen MR) is 106 cm³/mol. The second-order valence-corrected chi connectivity index (χ2v) is 6.76. The van der Waals surface area contributed by atoms with E-state index in [1.54, 1.807) is 45.9 Å². The normalized spacial score (nSPS) is 11.2. The molecule has 0 aliphatic heterocycles. The predicted octanol–water partition coefficient (Wildman–Crippen LogP) is 2.36. The van der Waals surface area contributed by atoms with Crippen LogP contribution >= 0.6 is 0 Å². The summed E-state index contributed by atoms with van der Waals surface area (Å²) in [4.78, 5) is 14.0. The van der Waals surface area contributed by atoms with Crippen molar-refractivity contribution in [2.24, 2.45) is 7.05 Å². The Morgan fingerprint density at radius 3 is 2.62 bits per heavy atom. The summed E-state index contributed by atoms with van der Waals surface area (Å²) in [6.45, 7) is 1.92. The van der Waals surface area contributed by atoms with E-state index in [2.05, 4.69) is 15.3 Å². The van der Waals surface area contributed by atoms with Crippen molar-refractivity contribution in [3.63, 3.8) is 0 Å². The Labute approximate surface area is 165 Å². The third kappa shape index (κ3) is 3.00. The van der Waals surface area contributed by atoms with Crippen molar-refractivity contribution in [1.82, 2.24) is 24.8 Å². The molecular weight excluding hydrogens is 368 g/mol. The Morgan fingerprint density at radius 1 is 1.03 bits per heavy atom. The molecule has 0 fully saturated rings. The van der Waals surface area contributed by atoms with Gasteiger partial charge in [-0.2, -0.15) is 14.5 Å². The highest BCUT2D eigenvalue weighted by atomic mass is 16.4. The van der Waals surface area contributed by atoms with E-state index < -0.39 is 5.63 Å². The summed E-state index contributed by atoms with van der Waals surface area (Å²) >= 11 is 0. The second kappa shape index (κ2) is 6.52. The van der Waals surface area contributed by atoms with Gasteiger partial charge < -0.3 is 4.42 Å². The van der Waals surface area contributed by atoms with Crippen LogP contribution in [0.25, 0.3) is 33.6 Å². The van der Waals surface area contributed by atoms with E-state index in [1.165, 1.54) is 0 Å². The molecule has 0 N–H and O–H groups in total. The standard InChI is InChI=1S/C21H17N6O2/c1-14-20(15-6-4-3-5-7-15)24-27(23-14)17-9-8-16-10-18(21(28)29-19(16)11-17)26-12-22-25(2)13-26/h3-13H,1-2H3/q+1. The number of aromatic nitrogens is 6. The van der Waals surface area contributed by atoms with Gasteiger partial charge in [0.15, 0.2) is 5.69 Å². The van der Waals surface area contributed by atoms with Gasteiger partial charge in [-0.1, -0.05) is 30.3 Å². The SMILES string of the molecule is Cc1nn(-c2ccc3cc(-[n+]4cnn(C)c4)c(=O)oc3c2)nc1-c1ccccc1. The van der Waals surface area contributed by atoms with Gasteiger partial charge >= 0.3 is 5.63 Å². The minimum atomic E-state index is -0.442. The molecule has 0 aliphatic carbocycles. The molecule has 8 heteroatoms. The molecule has 29 heavy (non-hydrogen) atoms. The number of rotatable bonds is 3. The van der Waals surface area contributed by atoms with Crippen molar-refractivity contribution in [2.45, 2.75) is 6.92 Å². The van der Waals surface area contributed by atoms with E-state index >= 15 is 0 Å². The summed E-state index contributed by atoms with van der Waals surface area (Å²) in [6.07, 6.45) is 3.27. The van der Waals surface area contributed by atoms with Gasteiger partial charge in [-0.15, -0.1) is 9.78 Å². The lowest BCUT2D eigenvalue weighted by molar-refractivity contribution is -0.598. The maximum atomic E-state index is 12.5. The first-order valence-corrected chi connectivity index (χ1v) is 9.06. The van der Waals surface area contributed by atoms with Crippen molar-refractivity contribution in [3.8, 4) is 22.6 Å². The zero-order chi connectivity index (χ0) is 20.0. The van der Waals surface area contributed by atoms with Crippen LogP contribution in [0.1, 0.15) is 5.69 Å². The molecule has 3 heterocycles. The van der Waals surface area contributed by atoms with Gasteiger partial charge in [0.2, 0.25) is 6.33 Å². The molecule has 0 atom stereocenters. The Kier molecular flexibility index (Phi) is 3.83. The fourth-order valence-electron chi connectivity index (χ4n) is 3.25. The molecule has 142 valence electrons. The van der Waals surface area contributed by atoms with Gasteiger partial charge in [0.05, 0.1) is 18.4 Å². The number of benzene rings is 2. The molecule has 0 bridgehead atoms. The molecule has 0 aliphatic rings. The molecular formula is C21H17N6O2+. The molecule has 5 aromatic rings. The summed E-state index contributed by atoms with van der Waals surface area (Å²) in [5.41, 5.74) is 3.78. The lowest BCUT2D eigenvalue weighted by atomic mass is 10.1. The smallest absolute Gasteiger partial charge is 0.376 e. The number of fused-ring (bicyclic) bond motifs is 1. The van der Waals surface area contributed by atoms with E-state index in [0.29, 0.717) is 17.0 Å². The zero-order valence-electron chi connectivity index (χ0n) is 15.9.